The topological polar surface area (TPSA) is 79.2 Å². The maximum atomic E-state index is 11.3. The highest BCUT2D eigenvalue weighted by atomic mass is 32.2. The molecule has 0 aromatic carbocycles. The van der Waals surface area contributed by atoms with E-state index in [-0.39, 0.29) is 11.5 Å². The fourth-order valence-electron chi connectivity index (χ4n) is 1.30. The van der Waals surface area contributed by atoms with Crippen LogP contribution in [0.5, 0.6) is 0 Å². The minimum atomic E-state index is -3.48. The molecular formula is C8H14N2O3S. The van der Waals surface area contributed by atoms with Crippen molar-refractivity contribution < 1.29 is 13.2 Å². The minimum absolute atomic E-state index is 0.206. The van der Waals surface area contributed by atoms with E-state index >= 15 is 0 Å². The number of nitriles is 1. The highest BCUT2D eigenvalue weighted by molar-refractivity contribution is 7.89. The van der Waals surface area contributed by atoms with Gasteiger partial charge in [0.1, 0.15) is 0 Å². The van der Waals surface area contributed by atoms with Gasteiger partial charge in [-0.2, -0.15) is 5.26 Å². The monoisotopic (exact) mass is 218 g/mol. The van der Waals surface area contributed by atoms with Crippen LogP contribution in [0, 0.1) is 16.7 Å². The van der Waals surface area contributed by atoms with Crippen molar-refractivity contribution in [1.29, 1.82) is 5.26 Å². The van der Waals surface area contributed by atoms with Crippen molar-refractivity contribution in [2.24, 2.45) is 5.41 Å². The SMILES string of the molecule is CC1(C)COCC1NS(=O)(=O)CC#N. The van der Waals surface area contributed by atoms with Gasteiger partial charge in [0, 0.05) is 5.41 Å². The van der Waals surface area contributed by atoms with Gasteiger partial charge < -0.3 is 4.74 Å². The first kappa shape index (κ1) is 11.4. The van der Waals surface area contributed by atoms with E-state index < -0.39 is 15.8 Å². The van der Waals surface area contributed by atoms with E-state index in [1.54, 1.807) is 6.07 Å². The van der Waals surface area contributed by atoms with Gasteiger partial charge in [-0.05, 0) is 0 Å². The molecular weight excluding hydrogens is 204 g/mol. The molecule has 0 aromatic rings. The Bertz CT molecular complexity index is 342. The molecule has 1 saturated heterocycles. The standard InChI is InChI=1S/C8H14N2O3S/c1-8(2)6-13-5-7(8)10-14(11,12)4-3-9/h7,10H,4-6H2,1-2H3. The van der Waals surface area contributed by atoms with Gasteiger partial charge in [-0.25, -0.2) is 13.1 Å². The number of nitrogens with zero attached hydrogens (tertiary/aromatic N) is 1. The van der Waals surface area contributed by atoms with Crippen LogP contribution in [-0.4, -0.2) is 33.4 Å². The summed E-state index contributed by atoms with van der Waals surface area (Å²) in [5, 5.41) is 8.31. The molecule has 1 rings (SSSR count). The van der Waals surface area contributed by atoms with Crippen LogP contribution >= 0.6 is 0 Å². The summed E-state index contributed by atoms with van der Waals surface area (Å²) in [4.78, 5) is 0. The molecule has 1 aliphatic heterocycles. The lowest BCUT2D eigenvalue weighted by Crippen LogP contribution is -2.44. The van der Waals surface area contributed by atoms with Gasteiger partial charge in [0.15, 0.2) is 5.75 Å². The van der Waals surface area contributed by atoms with Crippen LogP contribution in [0.4, 0.5) is 0 Å². The summed E-state index contributed by atoms with van der Waals surface area (Å²) in [6, 6.07) is 1.38. The van der Waals surface area contributed by atoms with Crippen LogP contribution in [0.25, 0.3) is 0 Å². The number of ether oxygens (including phenoxy) is 1. The van der Waals surface area contributed by atoms with Crippen LogP contribution in [0.2, 0.25) is 0 Å². The number of hydrogen-bond acceptors (Lipinski definition) is 4. The van der Waals surface area contributed by atoms with Crippen LogP contribution in [-0.2, 0) is 14.8 Å². The van der Waals surface area contributed by atoms with Crippen molar-refractivity contribution in [2.75, 3.05) is 19.0 Å². The van der Waals surface area contributed by atoms with Crippen LogP contribution in [0.3, 0.4) is 0 Å². The fraction of sp³-hybridized carbons (Fsp3) is 0.875. The maximum Gasteiger partial charge on any atom is 0.225 e. The van der Waals surface area contributed by atoms with Gasteiger partial charge in [-0.3, -0.25) is 0 Å². The summed E-state index contributed by atoms with van der Waals surface area (Å²) in [7, 11) is -3.48. The Kier molecular flexibility index (Phi) is 3.14. The largest absolute Gasteiger partial charge is 0.379 e. The number of nitrogens with one attached hydrogen (secondary N) is 1. The third-order valence-corrected chi connectivity index (χ3v) is 3.43. The van der Waals surface area contributed by atoms with Gasteiger partial charge >= 0.3 is 0 Å². The zero-order chi connectivity index (χ0) is 10.8. The Morgan fingerprint density at radius 3 is 2.71 bits per heavy atom. The quantitative estimate of drug-likeness (QED) is 0.714. The number of rotatable bonds is 3. The Hall–Kier alpha value is -0.640. The van der Waals surface area contributed by atoms with E-state index in [4.69, 9.17) is 10.00 Å². The molecule has 1 heterocycles. The molecule has 1 fully saturated rings. The summed E-state index contributed by atoms with van der Waals surface area (Å²) in [5.74, 6) is -0.500. The van der Waals surface area contributed by atoms with E-state index in [1.807, 2.05) is 13.8 Å². The Morgan fingerprint density at radius 2 is 2.29 bits per heavy atom. The Labute approximate surface area is 84.1 Å². The second-order valence-corrected chi connectivity index (χ2v) is 5.85. The molecule has 0 bridgehead atoms. The van der Waals surface area contributed by atoms with Crippen molar-refractivity contribution in [3.05, 3.63) is 0 Å². The van der Waals surface area contributed by atoms with E-state index in [1.165, 1.54) is 0 Å². The van der Waals surface area contributed by atoms with Gasteiger partial charge in [0.25, 0.3) is 0 Å². The minimum Gasteiger partial charge on any atom is -0.379 e. The first-order valence-electron chi connectivity index (χ1n) is 4.32. The summed E-state index contributed by atoms with van der Waals surface area (Å²) in [6.07, 6.45) is 0. The van der Waals surface area contributed by atoms with Gasteiger partial charge in [-0.15, -0.1) is 0 Å². The predicted molar refractivity (Wildman–Crippen MR) is 50.9 cm³/mol. The zero-order valence-electron chi connectivity index (χ0n) is 8.28. The van der Waals surface area contributed by atoms with Gasteiger partial charge in [0.2, 0.25) is 10.0 Å². The normalized spacial score (nSPS) is 25.9. The molecule has 1 atom stereocenters. The third kappa shape index (κ3) is 2.67. The molecule has 1 unspecified atom stereocenters. The van der Waals surface area contributed by atoms with Gasteiger partial charge in [0.05, 0.1) is 25.3 Å². The molecule has 0 radical (unpaired) electrons. The molecule has 0 saturated carbocycles. The van der Waals surface area contributed by atoms with E-state index in [9.17, 15) is 8.42 Å². The summed E-state index contributed by atoms with van der Waals surface area (Å²) >= 11 is 0. The second kappa shape index (κ2) is 3.85. The van der Waals surface area contributed by atoms with Crippen molar-refractivity contribution in [2.45, 2.75) is 19.9 Å². The highest BCUT2D eigenvalue weighted by Gasteiger charge is 2.37. The van der Waals surface area contributed by atoms with E-state index in [0.717, 1.165) is 0 Å². The lowest BCUT2D eigenvalue weighted by molar-refractivity contribution is 0.166. The first-order valence-corrected chi connectivity index (χ1v) is 5.97. The summed E-state index contributed by atoms with van der Waals surface area (Å²) in [5.41, 5.74) is -0.206. The third-order valence-electron chi connectivity index (χ3n) is 2.28. The molecule has 0 spiro atoms. The molecule has 5 nitrogen and oxygen atoms in total. The van der Waals surface area contributed by atoms with Gasteiger partial charge in [-0.1, -0.05) is 13.8 Å². The smallest absolute Gasteiger partial charge is 0.225 e. The lowest BCUT2D eigenvalue weighted by Gasteiger charge is -2.24. The van der Waals surface area contributed by atoms with Crippen LogP contribution in [0.1, 0.15) is 13.8 Å². The number of sulfonamides is 1. The molecule has 80 valence electrons. The molecule has 0 aromatic heterocycles. The van der Waals surface area contributed by atoms with Crippen molar-refractivity contribution in [3.8, 4) is 6.07 Å². The summed E-state index contributed by atoms with van der Waals surface area (Å²) < 4.78 is 30.2. The van der Waals surface area contributed by atoms with E-state index in [2.05, 4.69) is 4.72 Å². The first-order chi connectivity index (χ1) is 6.37. The highest BCUT2D eigenvalue weighted by Crippen LogP contribution is 2.27. The lowest BCUT2D eigenvalue weighted by atomic mass is 9.89. The summed E-state index contributed by atoms with van der Waals surface area (Å²) in [6.45, 7) is 4.77. The molecule has 1 aliphatic rings. The van der Waals surface area contributed by atoms with E-state index in [0.29, 0.717) is 13.2 Å². The fourth-order valence-corrected chi connectivity index (χ4v) is 2.38. The predicted octanol–water partition coefficient (Wildman–Crippen LogP) is -0.146. The number of hydrogen-bond donors (Lipinski definition) is 1. The second-order valence-electron chi connectivity index (χ2n) is 4.09. The Morgan fingerprint density at radius 1 is 1.64 bits per heavy atom. The van der Waals surface area contributed by atoms with Crippen LogP contribution in [0.15, 0.2) is 0 Å². The average molecular weight is 218 g/mol. The molecule has 1 N–H and O–H groups in total. The maximum absolute atomic E-state index is 11.3. The zero-order valence-corrected chi connectivity index (χ0v) is 9.10. The molecule has 6 heteroatoms. The van der Waals surface area contributed by atoms with Crippen molar-refractivity contribution >= 4 is 10.0 Å². The van der Waals surface area contributed by atoms with Crippen molar-refractivity contribution in [3.63, 3.8) is 0 Å². The Balaban J connectivity index is 2.66. The van der Waals surface area contributed by atoms with Crippen LogP contribution < -0.4 is 4.72 Å². The molecule has 0 amide bonds. The van der Waals surface area contributed by atoms with Crippen molar-refractivity contribution in [1.82, 2.24) is 4.72 Å². The molecule has 14 heavy (non-hydrogen) atoms. The molecule has 0 aliphatic carbocycles. The average Bonchev–Trinajstić information content (AvgIpc) is 2.29.